The second kappa shape index (κ2) is 4.37. The first-order chi connectivity index (χ1) is 7.33. The van der Waals surface area contributed by atoms with Gasteiger partial charge in [-0.2, -0.15) is 13.6 Å². The van der Waals surface area contributed by atoms with E-state index < -0.39 is 16.3 Å². The molecule has 0 spiro atoms. The van der Waals surface area contributed by atoms with Gasteiger partial charge in [-0.05, 0) is 12.1 Å². The van der Waals surface area contributed by atoms with Crippen LogP contribution in [-0.4, -0.2) is 26.6 Å². The van der Waals surface area contributed by atoms with Crippen molar-refractivity contribution >= 4 is 16.3 Å². The van der Waals surface area contributed by atoms with Crippen molar-refractivity contribution in [2.75, 3.05) is 7.11 Å². The number of carbonyl (C=O) groups excluding carboxylic acids is 1. The quantitative estimate of drug-likeness (QED) is 0.712. The van der Waals surface area contributed by atoms with Crippen molar-refractivity contribution in [1.82, 2.24) is 0 Å². The Morgan fingerprint density at radius 3 is 2.56 bits per heavy atom. The van der Waals surface area contributed by atoms with Crippen LogP contribution in [0, 0.1) is 0 Å². The van der Waals surface area contributed by atoms with Crippen LogP contribution >= 0.6 is 0 Å². The van der Waals surface area contributed by atoms with Crippen molar-refractivity contribution in [2.24, 2.45) is 5.14 Å². The molecule has 0 heterocycles. The fraction of sp³-hybridized carbons (Fsp3) is 0.125. The van der Waals surface area contributed by atoms with Crippen LogP contribution in [0.25, 0.3) is 0 Å². The van der Waals surface area contributed by atoms with Crippen LogP contribution < -0.4 is 9.32 Å². The van der Waals surface area contributed by atoms with Gasteiger partial charge in [0.15, 0.2) is 0 Å². The Morgan fingerprint density at radius 2 is 2.06 bits per heavy atom. The predicted octanol–water partition coefficient (Wildman–Crippen LogP) is -0.239. The van der Waals surface area contributed by atoms with Crippen LogP contribution in [0.3, 0.4) is 0 Å². The molecule has 8 heteroatoms. The zero-order valence-electron chi connectivity index (χ0n) is 8.21. The zero-order valence-corrected chi connectivity index (χ0v) is 9.02. The van der Waals surface area contributed by atoms with Crippen molar-refractivity contribution in [3.05, 3.63) is 23.8 Å². The Morgan fingerprint density at radius 1 is 1.44 bits per heavy atom. The van der Waals surface area contributed by atoms with E-state index in [2.05, 4.69) is 14.1 Å². The summed E-state index contributed by atoms with van der Waals surface area (Å²) in [5.74, 6) is -1.37. The Kier molecular flexibility index (Phi) is 3.35. The third-order valence-electron chi connectivity index (χ3n) is 1.59. The SMILES string of the molecule is COC(=O)c1cc(OS(N)(=O)=O)ccc1O. The fourth-order valence-corrected chi connectivity index (χ4v) is 1.35. The number of carbonyl (C=O) groups is 1. The molecule has 16 heavy (non-hydrogen) atoms. The molecule has 0 saturated carbocycles. The van der Waals surface area contributed by atoms with Crippen molar-refractivity contribution < 1.29 is 27.2 Å². The lowest BCUT2D eigenvalue weighted by atomic mass is 10.2. The first-order valence-electron chi connectivity index (χ1n) is 3.97. The average molecular weight is 247 g/mol. The molecule has 0 bridgehead atoms. The van der Waals surface area contributed by atoms with E-state index in [1.165, 1.54) is 0 Å². The highest BCUT2D eigenvalue weighted by molar-refractivity contribution is 7.84. The Labute approximate surface area is 91.7 Å². The number of aromatic hydroxyl groups is 1. The highest BCUT2D eigenvalue weighted by Gasteiger charge is 2.14. The maximum atomic E-state index is 11.1. The molecular formula is C8H9NO6S. The summed E-state index contributed by atoms with van der Waals surface area (Å²) in [6.45, 7) is 0. The molecule has 7 nitrogen and oxygen atoms in total. The molecule has 0 radical (unpaired) electrons. The van der Waals surface area contributed by atoms with Gasteiger partial charge in [0.1, 0.15) is 17.1 Å². The average Bonchev–Trinajstić information content (AvgIpc) is 2.18. The number of rotatable bonds is 3. The van der Waals surface area contributed by atoms with Gasteiger partial charge in [0, 0.05) is 6.07 Å². The van der Waals surface area contributed by atoms with Gasteiger partial charge in [0.2, 0.25) is 0 Å². The van der Waals surface area contributed by atoms with Crippen molar-refractivity contribution in [3.8, 4) is 11.5 Å². The summed E-state index contributed by atoms with van der Waals surface area (Å²) in [5.41, 5.74) is -0.219. The van der Waals surface area contributed by atoms with Crippen LogP contribution in [0.15, 0.2) is 18.2 Å². The van der Waals surface area contributed by atoms with Crippen LogP contribution in [0.1, 0.15) is 10.4 Å². The second-order valence-corrected chi connectivity index (χ2v) is 3.90. The van der Waals surface area contributed by atoms with Gasteiger partial charge in [0.25, 0.3) is 0 Å². The molecule has 0 aromatic heterocycles. The smallest absolute Gasteiger partial charge is 0.380 e. The minimum absolute atomic E-state index is 0.194. The number of nitrogens with two attached hydrogens (primary N) is 1. The summed E-state index contributed by atoms with van der Waals surface area (Å²) in [6, 6.07) is 3.24. The second-order valence-electron chi connectivity index (χ2n) is 2.75. The maximum Gasteiger partial charge on any atom is 0.380 e. The number of ether oxygens (including phenoxy) is 1. The van der Waals surface area contributed by atoms with Gasteiger partial charge in [-0.3, -0.25) is 0 Å². The molecule has 3 N–H and O–H groups in total. The number of esters is 1. The molecule has 0 amide bonds. The van der Waals surface area contributed by atoms with E-state index in [4.69, 9.17) is 0 Å². The molecule has 0 unspecified atom stereocenters. The van der Waals surface area contributed by atoms with Gasteiger partial charge in [-0.15, -0.1) is 0 Å². The Bertz CT molecular complexity index is 509. The minimum atomic E-state index is -4.17. The highest BCUT2D eigenvalue weighted by Crippen LogP contribution is 2.24. The third kappa shape index (κ3) is 3.11. The molecule has 88 valence electrons. The standard InChI is InChI=1S/C8H9NO6S/c1-14-8(11)6-4-5(2-3-7(6)10)15-16(9,12)13/h2-4,10H,1H3,(H2,9,12,13). The lowest BCUT2D eigenvalue weighted by Crippen LogP contribution is -2.19. The van der Waals surface area contributed by atoms with Crippen molar-refractivity contribution in [1.29, 1.82) is 0 Å². The largest absolute Gasteiger partial charge is 0.507 e. The topological polar surface area (TPSA) is 116 Å². The number of phenolic OH excluding ortho intramolecular Hbond substituents is 1. The Hall–Kier alpha value is -1.80. The molecule has 1 rings (SSSR count). The summed E-state index contributed by atoms with van der Waals surface area (Å²) in [4.78, 5) is 11.1. The van der Waals surface area contributed by atoms with E-state index in [1.807, 2.05) is 0 Å². The van der Waals surface area contributed by atoms with Gasteiger partial charge >= 0.3 is 16.3 Å². The lowest BCUT2D eigenvalue weighted by molar-refractivity contribution is 0.0597. The monoisotopic (exact) mass is 247 g/mol. The summed E-state index contributed by atoms with van der Waals surface area (Å²) < 4.78 is 29.9. The first kappa shape index (κ1) is 12.3. The van der Waals surface area contributed by atoms with Gasteiger partial charge in [-0.1, -0.05) is 0 Å². The zero-order chi connectivity index (χ0) is 12.3. The molecule has 1 aromatic rings. The van der Waals surface area contributed by atoms with Crippen LogP contribution in [0.5, 0.6) is 11.5 Å². The number of hydrogen-bond acceptors (Lipinski definition) is 6. The highest BCUT2D eigenvalue weighted by atomic mass is 32.2. The molecule has 0 atom stereocenters. The normalized spacial score (nSPS) is 10.9. The molecule has 0 saturated heterocycles. The molecule has 0 aliphatic rings. The fourth-order valence-electron chi connectivity index (χ4n) is 0.975. The first-order valence-corrected chi connectivity index (χ1v) is 5.44. The van der Waals surface area contributed by atoms with Crippen molar-refractivity contribution in [2.45, 2.75) is 0 Å². The van der Waals surface area contributed by atoms with E-state index in [0.717, 1.165) is 25.3 Å². The number of hydrogen-bond donors (Lipinski definition) is 2. The predicted molar refractivity (Wildman–Crippen MR) is 53.2 cm³/mol. The lowest BCUT2D eigenvalue weighted by Gasteiger charge is -2.06. The van der Waals surface area contributed by atoms with Gasteiger partial charge in [0.05, 0.1) is 7.11 Å². The van der Waals surface area contributed by atoms with Crippen molar-refractivity contribution in [3.63, 3.8) is 0 Å². The maximum absolute atomic E-state index is 11.1. The van der Waals surface area contributed by atoms with Gasteiger partial charge in [-0.25, -0.2) is 4.79 Å². The van der Waals surface area contributed by atoms with Crippen LogP contribution in [-0.2, 0) is 15.0 Å². The number of benzene rings is 1. The van der Waals surface area contributed by atoms with E-state index in [0.29, 0.717) is 0 Å². The number of phenols is 1. The molecule has 0 aliphatic heterocycles. The number of methoxy groups -OCH3 is 1. The van der Waals surface area contributed by atoms with E-state index in [1.54, 1.807) is 0 Å². The minimum Gasteiger partial charge on any atom is -0.507 e. The Balaban J connectivity index is 3.12. The molecule has 0 aliphatic carbocycles. The van der Waals surface area contributed by atoms with E-state index in [9.17, 15) is 18.3 Å². The summed E-state index contributed by atoms with van der Waals surface area (Å²) in [6.07, 6.45) is 0. The molecule has 1 aromatic carbocycles. The summed E-state index contributed by atoms with van der Waals surface area (Å²) >= 11 is 0. The summed E-state index contributed by atoms with van der Waals surface area (Å²) in [7, 11) is -3.05. The molecular weight excluding hydrogens is 238 g/mol. The van der Waals surface area contributed by atoms with E-state index in [-0.39, 0.29) is 17.1 Å². The van der Waals surface area contributed by atoms with Crippen LogP contribution in [0.4, 0.5) is 0 Å². The van der Waals surface area contributed by atoms with E-state index >= 15 is 0 Å². The van der Waals surface area contributed by atoms with Crippen LogP contribution in [0.2, 0.25) is 0 Å². The molecule has 0 fully saturated rings. The van der Waals surface area contributed by atoms with Gasteiger partial charge < -0.3 is 14.0 Å². The third-order valence-corrected chi connectivity index (χ3v) is 2.01. The summed E-state index contributed by atoms with van der Waals surface area (Å²) in [5, 5.41) is 13.9.